The van der Waals surface area contributed by atoms with Gasteiger partial charge in [0.15, 0.2) is 5.96 Å². The van der Waals surface area contributed by atoms with Crippen LogP contribution in [0.4, 0.5) is 5.69 Å². The van der Waals surface area contributed by atoms with Crippen LogP contribution < -0.4 is 16.0 Å². The fraction of sp³-hybridized carbons (Fsp3) is 0.429. The lowest BCUT2D eigenvalue weighted by molar-refractivity contribution is -0.116. The molecule has 7 nitrogen and oxygen atoms in total. The Bertz CT molecular complexity index is 794. The molecule has 0 aliphatic carbocycles. The lowest BCUT2D eigenvalue weighted by Gasteiger charge is -2.26. The summed E-state index contributed by atoms with van der Waals surface area (Å²) in [5.41, 5.74) is 3.13. The van der Waals surface area contributed by atoms with E-state index in [4.69, 9.17) is 4.74 Å². The minimum atomic E-state index is 0. The van der Waals surface area contributed by atoms with Crippen LogP contribution in [0.5, 0.6) is 0 Å². The van der Waals surface area contributed by atoms with Gasteiger partial charge in [0, 0.05) is 51.9 Å². The first kappa shape index (κ1) is 24.6. The van der Waals surface area contributed by atoms with Gasteiger partial charge in [-0.15, -0.1) is 24.0 Å². The summed E-state index contributed by atoms with van der Waals surface area (Å²) in [7, 11) is 1.76. The van der Waals surface area contributed by atoms with E-state index in [-0.39, 0.29) is 29.9 Å². The molecule has 0 bridgehead atoms. The van der Waals surface area contributed by atoms with Crippen LogP contribution in [0.3, 0.4) is 0 Å². The van der Waals surface area contributed by atoms with E-state index in [1.807, 2.05) is 24.3 Å². The molecule has 1 amide bonds. The Balaban J connectivity index is 0.00000320. The summed E-state index contributed by atoms with van der Waals surface area (Å²) < 4.78 is 5.34. The number of hydrogen-bond acceptors (Lipinski definition) is 5. The second-order valence-corrected chi connectivity index (χ2v) is 7.64. The summed E-state index contributed by atoms with van der Waals surface area (Å²) in [5, 5.41) is 13.8. The molecular weight excluding hydrogens is 513 g/mol. The van der Waals surface area contributed by atoms with Gasteiger partial charge in [-0.25, -0.2) is 0 Å². The van der Waals surface area contributed by atoms with E-state index in [1.54, 1.807) is 18.4 Å². The van der Waals surface area contributed by atoms with Crippen molar-refractivity contribution < 1.29 is 9.53 Å². The van der Waals surface area contributed by atoms with Gasteiger partial charge in [0.05, 0.1) is 13.2 Å². The van der Waals surface area contributed by atoms with Crippen molar-refractivity contribution in [2.24, 2.45) is 4.99 Å². The molecule has 0 radical (unpaired) electrons. The fourth-order valence-electron chi connectivity index (χ4n) is 3.05. The SMILES string of the molecule is CN=C(NCc1ccsc1)NCc1cccc(NC(=O)CCN2CCOCC2)c1.I. The Hall–Kier alpha value is -1.69. The predicted octanol–water partition coefficient (Wildman–Crippen LogP) is 2.89. The number of aliphatic imine (C=N–C) groups is 1. The molecule has 0 saturated carbocycles. The van der Waals surface area contributed by atoms with Gasteiger partial charge >= 0.3 is 0 Å². The molecule has 0 atom stereocenters. The highest BCUT2D eigenvalue weighted by Gasteiger charge is 2.12. The molecule has 1 aromatic heterocycles. The van der Waals surface area contributed by atoms with Crippen LogP contribution in [0.25, 0.3) is 0 Å². The maximum Gasteiger partial charge on any atom is 0.225 e. The monoisotopic (exact) mass is 543 g/mol. The van der Waals surface area contributed by atoms with Crippen LogP contribution >= 0.6 is 35.3 Å². The molecule has 3 rings (SSSR count). The molecule has 164 valence electrons. The van der Waals surface area contributed by atoms with Crippen LogP contribution in [0.15, 0.2) is 46.1 Å². The zero-order chi connectivity index (χ0) is 20.3. The van der Waals surface area contributed by atoms with Crippen LogP contribution in [0.1, 0.15) is 17.5 Å². The lowest BCUT2D eigenvalue weighted by Crippen LogP contribution is -2.38. The largest absolute Gasteiger partial charge is 0.379 e. The van der Waals surface area contributed by atoms with Gasteiger partial charge in [-0.05, 0) is 40.1 Å². The van der Waals surface area contributed by atoms with Crippen molar-refractivity contribution in [3.05, 3.63) is 52.2 Å². The van der Waals surface area contributed by atoms with Crippen molar-refractivity contribution >= 4 is 52.9 Å². The molecule has 30 heavy (non-hydrogen) atoms. The van der Waals surface area contributed by atoms with Crippen molar-refractivity contribution in [2.45, 2.75) is 19.5 Å². The van der Waals surface area contributed by atoms with E-state index >= 15 is 0 Å². The first-order chi connectivity index (χ1) is 14.2. The summed E-state index contributed by atoms with van der Waals surface area (Å²) in [4.78, 5) is 18.8. The average Bonchev–Trinajstić information content (AvgIpc) is 3.27. The van der Waals surface area contributed by atoms with E-state index in [0.29, 0.717) is 13.0 Å². The van der Waals surface area contributed by atoms with Crippen molar-refractivity contribution in [1.82, 2.24) is 15.5 Å². The zero-order valence-electron chi connectivity index (χ0n) is 17.2. The van der Waals surface area contributed by atoms with E-state index < -0.39 is 0 Å². The summed E-state index contributed by atoms with van der Waals surface area (Å²) >= 11 is 1.68. The molecule has 1 aromatic carbocycles. The minimum absolute atomic E-state index is 0. The standard InChI is InChI=1S/C21H29N5O2S.HI/c1-22-21(24-15-18-6-12-29-16-18)23-14-17-3-2-4-19(13-17)25-20(27)5-7-26-8-10-28-11-9-26;/h2-4,6,12-13,16H,5,7-11,14-15H2,1H3,(H,25,27)(H2,22,23,24);1H. The number of halogens is 1. The molecule has 0 spiro atoms. The number of carbonyl (C=O) groups is 1. The molecule has 1 fully saturated rings. The third-order valence-electron chi connectivity index (χ3n) is 4.69. The normalized spacial score (nSPS) is 14.6. The molecule has 2 aromatic rings. The van der Waals surface area contributed by atoms with Crippen molar-refractivity contribution in [3.8, 4) is 0 Å². The number of nitrogens with zero attached hydrogens (tertiary/aromatic N) is 2. The van der Waals surface area contributed by atoms with Crippen molar-refractivity contribution in [3.63, 3.8) is 0 Å². The minimum Gasteiger partial charge on any atom is -0.379 e. The molecule has 0 unspecified atom stereocenters. The highest BCUT2D eigenvalue weighted by atomic mass is 127. The van der Waals surface area contributed by atoms with Crippen LogP contribution in [-0.4, -0.2) is 56.7 Å². The molecular formula is C21H30IN5O2S. The number of ether oxygens (including phenoxy) is 1. The molecule has 1 saturated heterocycles. The number of morpholine rings is 1. The Labute approximate surface area is 199 Å². The molecule has 1 aliphatic rings. The van der Waals surface area contributed by atoms with E-state index in [9.17, 15) is 4.79 Å². The predicted molar refractivity (Wildman–Crippen MR) is 134 cm³/mol. The van der Waals surface area contributed by atoms with Gasteiger partial charge in [-0.2, -0.15) is 11.3 Å². The summed E-state index contributed by atoms with van der Waals surface area (Å²) in [6, 6.07) is 9.99. The van der Waals surface area contributed by atoms with E-state index in [2.05, 4.69) is 42.7 Å². The molecule has 1 aliphatic heterocycles. The van der Waals surface area contributed by atoms with Gasteiger partial charge in [-0.1, -0.05) is 12.1 Å². The van der Waals surface area contributed by atoms with Gasteiger partial charge in [0.25, 0.3) is 0 Å². The molecule has 9 heteroatoms. The topological polar surface area (TPSA) is 78.0 Å². The second kappa shape index (κ2) is 13.6. The molecule has 3 N–H and O–H groups in total. The number of rotatable bonds is 8. The van der Waals surface area contributed by atoms with E-state index in [0.717, 1.165) is 56.6 Å². The quantitative estimate of drug-likeness (QED) is 0.271. The van der Waals surface area contributed by atoms with Gasteiger partial charge in [0.2, 0.25) is 5.91 Å². The Morgan fingerprint density at radius 3 is 2.63 bits per heavy atom. The van der Waals surface area contributed by atoms with Crippen LogP contribution in [0.2, 0.25) is 0 Å². The number of guanidine groups is 1. The van der Waals surface area contributed by atoms with Crippen molar-refractivity contribution in [1.29, 1.82) is 0 Å². The third kappa shape index (κ3) is 8.58. The maximum absolute atomic E-state index is 12.3. The first-order valence-electron chi connectivity index (χ1n) is 9.87. The smallest absolute Gasteiger partial charge is 0.225 e. The van der Waals surface area contributed by atoms with Crippen LogP contribution in [0, 0.1) is 0 Å². The second-order valence-electron chi connectivity index (χ2n) is 6.86. The number of benzene rings is 1. The highest BCUT2D eigenvalue weighted by Crippen LogP contribution is 2.11. The average molecular weight is 543 g/mol. The Morgan fingerprint density at radius 2 is 1.93 bits per heavy atom. The number of thiophene rings is 1. The van der Waals surface area contributed by atoms with Gasteiger partial charge < -0.3 is 20.7 Å². The molecule has 2 heterocycles. The summed E-state index contributed by atoms with van der Waals surface area (Å²) in [6.45, 7) is 5.43. The fourth-order valence-corrected chi connectivity index (χ4v) is 3.72. The maximum atomic E-state index is 12.3. The summed E-state index contributed by atoms with van der Waals surface area (Å²) in [5.74, 6) is 0.783. The van der Waals surface area contributed by atoms with Crippen molar-refractivity contribution in [2.75, 3.05) is 45.2 Å². The highest BCUT2D eigenvalue weighted by molar-refractivity contribution is 14.0. The first-order valence-corrected chi connectivity index (χ1v) is 10.8. The Kier molecular flexibility index (Phi) is 11.1. The summed E-state index contributed by atoms with van der Waals surface area (Å²) in [6.07, 6.45) is 0.488. The number of hydrogen-bond donors (Lipinski definition) is 3. The number of carbonyl (C=O) groups excluding carboxylic acids is 1. The lowest BCUT2D eigenvalue weighted by atomic mass is 10.2. The van der Waals surface area contributed by atoms with E-state index in [1.165, 1.54) is 5.56 Å². The number of nitrogens with one attached hydrogen (secondary N) is 3. The third-order valence-corrected chi connectivity index (χ3v) is 5.43. The Morgan fingerprint density at radius 1 is 1.17 bits per heavy atom. The number of anilines is 1. The zero-order valence-corrected chi connectivity index (χ0v) is 20.4. The number of amides is 1. The van der Waals surface area contributed by atoms with Gasteiger partial charge in [-0.3, -0.25) is 14.7 Å². The van der Waals surface area contributed by atoms with Crippen LogP contribution in [-0.2, 0) is 22.6 Å². The van der Waals surface area contributed by atoms with Gasteiger partial charge in [0.1, 0.15) is 0 Å².